The normalized spacial score (nSPS) is 15.5. The molecule has 6 nitrogen and oxygen atoms in total. The van der Waals surface area contributed by atoms with Crippen LogP contribution in [0.25, 0.3) is 0 Å². The summed E-state index contributed by atoms with van der Waals surface area (Å²) in [5.74, 6) is 1.72. The zero-order valence-corrected chi connectivity index (χ0v) is 22.9. The van der Waals surface area contributed by atoms with Crippen LogP contribution < -0.4 is 15.4 Å². The van der Waals surface area contributed by atoms with E-state index in [1.165, 1.54) is 36.2 Å². The molecule has 0 aliphatic carbocycles. The van der Waals surface area contributed by atoms with Crippen LogP contribution >= 0.6 is 24.0 Å². The molecule has 1 aliphatic heterocycles. The molecule has 0 amide bonds. The summed E-state index contributed by atoms with van der Waals surface area (Å²) in [5.41, 5.74) is 4.96. The van der Waals surface area contributed by atoms with E-state index >= 15 is 0 Å². The number of rotatable bonds is 8. The first kappa shape index (κ1) is 27.4. The Kier molecular flexibility index (Phi) is 12.0. The lowest BCUT2D eigenvalue weighted by atomic mass is 10.1. The molecule has 33 heavy (non-hydrogen) atoms. The maximum Gasteiger partial charge on any atom is 0.191 e. The van der Waals surface area contributed by atoms with Gasteiger partial charge in [0.1, 0.15) is 5.75 Å². The maximum atomic E-state index is 5.78. The standard InChI is InChI=1S/C26H39N5O.HI/c1-5-32-25-17-21(2)7-12-24(25)19-29-26(27-3)28-18-22-8-10-23(11-9-22)20-31-14-6-13-30(4)15-16-31;/h7-12,17H,5-6,13-16,18-20H2,1-4H3,(H2,27,28,29);1H. The second-order valence-corrected chi connectivity index (χ2v) is 8.57. The van der Waals surface area contributed by atoms with Crippen LogP contribution in [0.5, 0.6) is 5.75 Å². The average Bonchev–Trinajstić information content (AvgIpc) is 3.00. The number of aryl methyl sites for hydroxylation is 1. The summed E-state index contributed by atoms with van der Waals surface area (Å²) in [6.45, 7) is 11.9. The van der Waals surface area contributed by atoms with Crippen molar-refractivity contribution in [3.63, 3.8) is 0 Å². The first-order chi connectivity index (χ1) is 15.6. The molecule has 0 aromatic heterocycles. The molecular formula is C26H40IN5O. The van der Waals surface area contributed by atoms with Crippen molar-refractivity contribution in [2.75, 3.05) is 46.9 Å². The van der Waals surface area contributed by atoms with Crippen LogP contribution in [-0.4, -0.2) is 62.6 Å². The van der Waals surface area contributed by atoms with E-state index in [2.05, 4.69) is 81.9 Å². The average molecular weight is 566 g/mol. The van der Waals surface area contributed by atoms with Crippen molar-refractivity contribution in [3.8, 4) is 5.75 Å². The molecule has 182 valence electrons. The molecule has 0 bridgehead atoms. The fourth-order valence-electron chi connectivity index (χ4n) is 3.96. The smallest absolute Gasteiger partial charge is 0.191 e. The minimum Gasteiger partial charge on any atom is -0.494 e. The molecule has 0 spiro atoms. The number of likely N-dealkylation sites (N-methyl/N-ethyl adjacent to an activating group) is 1. The van der Waals surface area contributed by atoms with Gasteiger partial charge >= 0.3 is 0 Å². The summed E-state index contributed by atoms with van der Waals surface area (Å²) in [4.78, 5) is 9.35. The van der Waals surface area contributed by atoms with Crippen LogP contribution in [0.3, 0.4) is 0 Å². The monoisotopic (exact) mass is 565 g/mol. The second-order valence-electron chi connectivity index (χ2n) is 8.57. The molecule has 3 rings (SSSR count). The van der Waals surface area contributed by atoms with Crippen molar-refractivity contribution in [2.24, 2.45) is 4.99 Å². The van der Waals surface area contributed by atoms with E-state index in [0.717, 1.165) is 43.5 Å². The number of guanidine groups is 1. The Hall–Kier alpha value is -1.84. The number of hydrogen-bond acceptors (Lipinski definition) is 4. The lowest BCUT2D eigenvalue weighted by molar-refractivity contribution is 0.269. The van der Waals surface area contributed by atoms with Crippen LogP contribution in [0.4, 0.5) is 0 Å². The van der Waals surface area contributed by atoms with Crippen molar-refractivity contribution in [3.05, 3.63) is 64.7 Å². The molecule has 0 saturated carbocycles. The van der Waals surface area contributed by atoms with Crippen molar-refractivity contribution < 1.29 is 4.74 Å². The third kappa shape index (κ3) is 9.14. The molecule has 1 saturated heterocycles. The second kappa shape index (κ2) is 14.4. The number of aliphatic imine (C=N–C) groups is 1. The Balaban J connectivity index is 0.00000385. The SMILES string of the molecule is CCOc1cc(C)ccc1CNC(=NC)NCc1ccc(CN2CCCN(C)CC2)cc1.I. The Bertz CT molecular complexity index is 871. The van der Waals surface area contributed by atoms with Gasteiger partial charge in [0.05, 0.1) is 6.61 Å². The summed E-state index contributed by atoms with van der Waals surface area (Å²) in [6.07, 6.45) is 1.25. The van der Waals surface area contributed by atoms with Crippen molar-refractivity contribution >= 4 is 29.9 Å². The van der Waals surface area contributed by atoms with Crippen LogP contribution in [-0.2, 0) is 19.6 Å². The van der Waals surface area contributed by atoms with Gasteiger partial charge in [-0.05, 0) is 63.2 Å². The number of hydrogen-bond donors (Lipinski definition) is 2. The van der Waals surface area contributed by atoms with E-state index in [4.69, 9.17) is 4.74 Å². The highest BCUT2D eigenvalue weighted by Crippen LogP contribution is 2.20. The number of nitrogens with zero attached hydrogens (tertiary/aromatic N) is 3. The molecule has 0 radical (unpaired) electrons. The van der Waals surface area contributed by atoms with E-state index in [-0.39, 0.29) is 24.0 Å². The fourth-order valence-corrected chi connectivity index (χ4v) is 3.96. The largest absolute Gasteiger partial charge is 0.494 e. The van der Waals surface area contributed by atoms with Gasteiger partial charge in [-0.25, -0.2) is 0 Å². The van der Waals surface area contributed by atoms with E-state index in [0.29, 0.717) is 13.2 Å². The highest BCUT2D eigenvalue weighted by atomic mass is 127. The van der Waals surface area contributed by atoms with Gasteiger partial charge in [-0.15, -0.1) is 24.0 Å². The molecule has 1 aliphatic rings. The Morgan fingerprint density at radius 1 is 0.970 bits per heavy atom. The van der Waals surface area contributed by atoms with E-state index < -0.39 is 0 Å². The quantitative estimate of drug-likeness (QED) is 0.288. The molecule has 0 atom stereocenters. The van der Waals surface area contributed by atoms with Gasteiger partial charge < -0.3 is 20.3 Å². The lowest BCUT2D eigenvalue weighted by Crippen LogP contribution is -2.36. The van der Waals surface area contributed by atoms with Gasteiger partial charge in [0.15, 0.2) is 5.96 Å². The van der Waals surface area contributed by atoms with Crippen LogP contribution in [0, 0.1) is 6.92 Å². The molecule has 2 aromatic rings. The van der Waals surface area contributed by atoms with Gasteiger partial charge in [0.25, 0.3) is 0 Å². The van der Waals surface area contributed by atoms with Gasteiger partial charge in [-0.2, -0.15) is 0 Å². The zero-order chi connectivity index (χ0) is 22.8. The zero-order valence-electron chi connectivity index (χ0n) is 20.6. The molecule has 1 fully saturated rings. The van der Waals surface area contributed by atoms with Crippen molar-refractivity contribution in [1.82, 2.24) is 20.4 Å². The van der Waals surface area contributed by atoms with E-state index in [9.17, 15) is 0 Å². The summed E-state index contributed by atoms with van der Waals surface area (Å²) in [5, 5.41) is 6.81. The molecular weight excluding hydrogens is 525 g/mol. The van der Waals surface area contributed by atoms with E-state index in [1.807, 2.05) is 6.92 Å². The predicted octanol–water partition coefficient (Wildman–Crippen LogP) is 4.01. The fraction of sp³-hybridized carbons (Fsp3) is 0.500. The molecule has 7 heteroatoms. The highest BCUT2D eigenvalue weighted by molar-refractivity contribution is 14.0. The van der Waals surface area contributed by atoms with E-state index in [1.54, 1.807) is 7.05 Å². The third-order valence-electron chi connectivity index (χ3n) is 5.89. The molecule has 0 unspecified atom stereocenters. The van der Waals surface area contributed by atoms with Crippen LogP contribution in [0.2, 0.25) is 0 Å². The number of nitrogens with one attached hydrogen (secondary N) is 2. The van der Waals surface area contributed by atoms with Gasteiger partial charge in [0, 0.05) is 45.3 Å². The van der Waals surface area contributed by atoms with Gasteiger partial charge in [-0.1, -0.05) is 36.4 Å². The highest BCUT2D eigenvalue weighted by Gasteiger charge is 2.12. The minimum atomic E-state index is 0. The van der Waals surface area contributed by atoms with Crippen molar-refractivity contribution in [1.29, 1.82) is 0 Å². The summed E-state index contributed by atoms with van der Waals surface area (Å²) < 4.78 is 5.78. The molecule has 1 heterocycles. The minimum absolute atomic E-state index is 0. The molecule has 2 aromatic carbocycles. The summed E-state index contributed by atoms with van der Waals surface area (Å²) in [7, 11) is 4.02. The molecule has 2 N–H and O–H groups in total. The van der Waals surface area contributed by atoms with Gasteiger partial charge in [0.2, 0.25) is 0 Å². The summed E-state index contributed by atoms with van der Waals surface area (Å²) in [6, 6.07) is 15.2. The number of benzene rings is 2. The first-order valence-electron chi connectivity index (χ1n) is 11.7. The Labute approximate surface area is 216 Å². The predicted molar refractivity (Wildman–Crippen MR) is 149 cm³/mol. The Morgan fingerprint density at radius 3 is 2.42 bits per heavy atom. The Morgan fingerprint density at radius 2 is 1.70 bits per heavy atom. The lowest BCUT2D eigenvalue weighted by Gasteiger charge is -2.20. The third-order valence-corrected chi connectivity index (χ3v) is 5.89. The number of halogens is 1. The van der Waals surface area contributed by atoms with Gasteiger partial charge in [-0.3, -0.25) is 9.89 Å². The first-order valence-corrected chi connectivity index (χ1v) is 11.7. The van der Waals surface area contributed by atoms with Crippen LogP contribution in [0.1, 0.15) is 35.6 Å². The summed E-state index contributed by atoms with van der Waals surface area (Å²) >= 11 is 0. The topological polar surface area (TPSA) is 52.1 Å². The van der Waals surface area contributed by atoms with Crippen molar-refractivity contribution in [2.45, 2.75) is 39.9 Å². The van der Waals surface area contributed by atoms with Crippen LogP contribution in [0.15, 0.2) is 47.5 Å². The maximum absolute atomic E-state index is 5.78. The number of ether oxygens (including phenoxy) is 1.